The van der Waals surface area contributed by atoms with Crippen LogP contribution in [0.1, 0.15) is 61.3 Å². The van der Waals surface area contributed by atoms with Crippen LogP contribution in [0.2, 0.25) is 0 Å². The van der Waals surface area contributed by atoms with E-state index in [0.717, 1.165) is 38.6 Å². The SMILES string of the molecule is Cc1cccc([C@@H]2CCCCN2C(=O)[C@H]2CC[C@@H](N)C2)c1C. The molecule has 0 bridgehead atoms. The molecule has 1 amide bonds. The highest BCUT2D eigenvalue weighted by molar-refractivity contribution is 5.80. The van der Waals surface area contributed by atoms with Gasteiger partial charge in [0, 0.05) is 18.5 Å². The van der Waals surface area contributed by atoms with Crippen LogP contribution in [0.15, 0.2) is 18.2 Å². The molecule has 3 heteroatoms. The van der Waals surface area contributed by atoms with Crippen molar-refractivity contribution in [2.75, 3.05) is 6.54 Å². The Morgan fingerprint density at radius 3 is 2.73 bits per heavy atom. The lowest BCUT2D eigenvalue weighted by atomic mass is 9.89. The Kier molecular flexibility index (Phi) is 4.53. The van der Waals surface area contributed by atoms with Crippen molar-refractivity contribution >= 4 is 5.91 Å². The van der Waals surface area contributed by atoms with Gasteiger partial charge in [-0.1, -0.05) is 18.2 Å². The monoisotopic (exact) mass is 300 g/mol. The van der Waals surface area contributed by atoms with E-state index in [0.29, 0.717) is 5.91 Å². The van der Waals surface area contributed by atoms with Gasteiger partial charge >= 0.3 is 0 Å². The Morgan fingerprint density at radius 1 is 1.18 bits per heavy atom. The van der Waals surface area contributed by atoms with Gasteiger partial charge in [-0.3, -0.25) is 4.79 Å². The maximum Gasteiger partial charge on any atom is 0.226 e. The van der Waals surface area contributed by atoms with Gasteiger partial charge in [0.05, 0.1) is 6.04 Å². The topological polar surface area (TPSA) is 46.3 Å². The zero-order chi connectivity index (χ0) is 15.7. The van der Waals surface area contributed by atoms with E-state index in [2.05, 4.69) is 36.9 Å². The number of nitrogens with zero attached hydrogens (tertiary/aromatic N) is 1. The molecule has 2 N–H and O–H groups in total. The van der Waals surface area contributed by atoms with Crippen LogP contribution in [0.4, 0.5) is 0 Å². The summed E-state index contributed by atoms with van der Waals surface area (Å²) in [6, 6.07) is 6.97. The summed E-state index contributed by atoms with van der Waals surface area (Å²) in [5, 5.41) is 0. The van der Waals surface area contributed by atoms with Crippen LogP contribution in [0.3, 0.4) is 0 Å². The predicted octanol–water partition coefficient (Wildman–Crippen LogP) is 3.48. The van der Waals surface area contributed by atoms with E-state index in [1.807, 2.05) is 0 Å². The van der Waals surface area contributed by atoms with E-state index < -0.39 is 0 Å². The lowest BCUT2D eigenvalue weighted by Crippen LogP contribution is -2.42. The molecule has 3 atom stereocenters. The zero-order valence-electron chi connectivity index (χ0n) is 13.8. The predicted molar refractivity (Wildman–Crippen MR) is 89.5 cm³/mol. The van der Waals surface area contributed by atoms with Crippen molar-refractivity contribution in [1.29, 1.82) is 0 Å². The highest BCUT2D eigenvalue weighted by Gasteiger charge is 2.36. The number of carbonyl (C=O) groups is 1. The number of hydrogen-bond acceptors (Lipinski definition) is 2. The maximum atomic E-state index is 13.0. The highest BCUT2D eigenvalue weighted by atomic mass is 16.2. The van der Waals surface area contributed by atoms with Gasteiger partial charge in [-0.05, 0) is 69.1 Å². The van der Waals surface area contributed by atoms with Crippen LogP contribution in [0.5, 0.6) is 0 Å². The van der Waals surface area contributed by atoms with Gasteiger partial charge in [0.1, 0.15) is 0 Å². The van der Waals surface area contributed by atoms with Crippen molar-refractivity contribution in [3.05, 3.63) is 34.9 Å². The van der Waals surface area contributed by atoms with Crippen LogP contribution in [-0.4, -0.2) is 23.4 Å². The molecule has 1 aliphatic carbocycles. The second kappa shape index (κ2) is 6.41. The number of hydrogen-bond donors (Lipinski definition) is 1. The fourth-order valence-electron chi connectivity index (χ4n) is 4.13. The number of nitrogens with two attached hydrogens (primary N) is 1. The molecule has 0 radical (unpaired) electrons. The molecular formula is C19H28N2O. The third-order valence-corrected chi connectivity index (χ3v) is 5.61. The summed E-state index contributed by atoms with van der Waals surface area (Å²) in [7, 11) is 0. The Morgan fingerprint density at radius 2 is 2.00 bits per heavy atom. The molecule has 1 saturated heterocycles. The number of benzene rings is 1. The summed E-state index contributed by atoms with van der Waals surface area (Å²) in [5.41, 5.74) is 10.0. The normalized spacial score (nSPS) is 28.9. The number of piperidine rings is 1. The molecule has 1 saturated carbocycles. The van der Waals surface area contributed by atoms with Crippen molar-refractivity contribution < 1.29 is 4.79 Å². The first-order chi connectivity index (χ1) is 10.6. The second-order valence-electron chi connectivity index (χ2n) is 7.10. The van der Waals surface area contributed by atoms with Gasteiger partial charge in [-0.15, -0.1) is 0 Å². The lowest BCUT2D eigenvalue weighted by Gasteiger charge is -2.38. The Labute approximate surface area is 133 Å². The number of rotatable bonds is 2. The van der Waals surface area contributed by atoms with E-state index >= 15 is 0 Å². The summed E-state index contributed by atoms with van der Waals surface area (Å²) < 4.78 is 0. The van der Waals surface area contributed by atoms with Gasteiger partial charge in [0.25, 0.3) is 0 Å². The Bertz CT molecular complexity index is 554. The van der Waals surface area contributed by atoms with Crippen LogP contribution in [-0.2, 0) is 4.79 Å². The standard InChI is InChI=1S/C19H28N2O/c1-13-6-5-7-17(14(13)2)18-8-3-4-11-21(18)19(22)15-9-10-16(20)12-15/h5-7,15-16,18H,3-4,8-12,20H2,1-2H3/t15-,16+,18-/m0/s1. The van der Waals surface area contributed by atoms with E-state index in [1.165, 1.54) is 23.1 Å². The molecule has 1 aliphatic heterocycles. The molecule has 0 spiro atoms. The van der Waals surface area contributed by atoms with Crippen molar-refractivity contribution in [3.63, 3.8) is 0 Å². The fraction of sp³-hybridized carbons (Fsp3) is 0.632. The van der Waals surface area contributed by atoms with E-state index in [-0.39, 0.29) is 18.0 Å². The Hall–Kier alpha value is -1.35. The number of amides is 1. The minimum absolute atomic E-state index is 0.153. The summed E-state index contributed by atoms with van der Waals surface area (Å²) in [6.07, 6.45) is 6.27. The minimum atomic E-state index is 0.153. The fourth-order valence-corrected chi connectivity index (χ4v) is 4.13. The Balaban J connectivity index is 1.85. The summed E-state index contributed by atoms with van der Waals surface area (Å²) in [4.78, 5) is 15.2. The van der Waals surface area contributed by atoms with Crippen molar-refractivity contribution in [2.24, 2.45) is 11.7 Å². The van der Waals surface area contributed by atoms with Gasteiger partial charge in [-0.2, -0.15) is 0 Å². The van der Waals surface area contributed by atoms with Crippen LogP contribution < -0.4 is 5.73 Å². The highest BCUT2D eigenvalue weighted by Crippen LogP contribution is 2.36. The smallest absolute Gasteiger partial charge is 0.226 e. The van der Waals surface area contributed by atoms with Gasteiger partial charge in [0.15, 0.2) is 0 Å². The molecule has 120 valence electrons. The number of carbonyl (C=O) groups excluding carboxylic acids is 1. The van der Waals surface area contributed by atoms with Crippen molar-refractivity contribution in [2.45, 2.75) is 64.5 Å². The molecule has 22 heavy (non-hydrogen) atoms. The third-order valence-electron chi connectivity index (χ3n) is 5.61. The zero-order valence-corrected chi connectivity index (χ0v) is 13.8. The molecule has 3 rings (SSSR count). The molecule has 1 aromatic rings. The van der Waals surface area contributed by atoms with E-state index in [1.54, 1.807) is 0 Å². The molecule has 2 fully saturated rings. The van der Waals surface area contributed by atoms with Crippen molar-refractivity contribution in [3.8, 4) is 0 Å². The van der Waals surface area contributed by atoms with Gasteiger partial charge in [0.2, 0.25) is 5.91 Å². The first kappa shape index (κ1) is 15.5. The van der Waals surface area contributed by atoms with Gasteiger partial charge in [-0.25, -0.2) is 0 Å². The summed E-state index contributed by atoms with van der Waals surface area (Å²) in [5.74, 6) is 0.499. The third kappa shape index (κ3) is 2.91. The molecule has 2 aliphatic rings. The van der Waals surface area contributed by atoms with Crippen LogP contribution in [0, 0.1) is 19.8 Å². The molecule has 3 nitrogen and oxygen atoms in total. The number of likely N-dealkylation sites (tertiary alicyclic amines) is 1. The lowest BCUT2D eigenvalue weighted by molar-refractivity contribution is -0.139. The minimum Gasteiger partial charge on any atom is -0.335 e. The van der Waals surface area contributed by atoms with Crippen LogP contribution in [0.25, 0.3) is 0 Å². The first-order valence-electron chi connectivity index (χ1n) is 8.70. The average molecular weight is 300 g/mol. The van der Waals surface area contributed by atoms with Crippen LogP contribution >= 0.6 is 0 Å². The molecule has 0 unspecified atom stereocenters. The van der Waals surface area contributed by atoms with Crippen molar-refractivity contribution in [1.82, 2.24) is 4.90 Å². The number of aryl methyl sites for hydroxylation is 1. The molecular weight excluding hydrogens is 272 g/mol. The van der Waals surface area contributed by atoms with E-state index in [9.17, 15) is 4.79 Å². The molecule has 1 aromatic carbocycles. The average Bonchev–Trinajstić information content (AvgIpc) is 2.96. The maximum absolute atomic E-state index is 13.0. The molecule has 1 heterocycles. The first-order valence-corrected chi connectivity index (χ1v) is 8.70. The summed E-state index contributed by atoms with van der Waals surface area (Å²) in [6.45, 7) is 5.25. The second-order valence-corrected chi connectivity index (χ2v) is 7.10. The van der Waals surface area contributed by atoms with E-state index in [4.69, 9.17) is 5.73 Å². The largest absolute Gasteiger partial charge is 0.335 e. The quantitative estimate of drug-likeness (QED) is 0.909. The van der Waals surface area contributed by atoms with Gasteiger partial charge < -0.3 is 10.6 Å². The molecule has 0 aromatic heterocycles. The summed E-state index contributed by atoms with van der Waals surface area (Å²) >= 11 is 0.